The van der Waals surface area contributed by atoms with Crippen LogP contribution in [0.2, 0.25) is 0 Å². The number of halogens is 5. The number of carbonyl (C=O) groups excluding carboxylic acids is 1. The predicted molar refractivity (Wildman–Crippen MR) is 85.0 cm³/mol. The first-order chi connectivity index (χ1) is 12.0. The molecular weight excluding hydrogens is 379 g/mol. The highest BCUT2D eigenvalue weighted by atomic mass is 19.4. The number of alkyl halides is 5. The molecule has 1 fully saturated rings. The van der Waals surface area contributed by atoms with Crippen LogP contribution in [0.1, 0.15) is 48.0 Å². The van der Waals surface area contributed by atoms with Crippen LogP contribution in [0.5, 0.6) is 0 Å². The van der Waals surface area contributed by atoms with Crippen molar-refractivity contribution in [2.45, 2.75) is 77.7 Å². The number of esters is 1. The first-order valence-corrected chi connectivity index (χ1v) is 8.54. The highest BCUT2D eigenvalue weighted by Crippen LogP contribution is 2.57. The largest absolute Gasteiger partial charge is 0.450 e. The van der Waals surface area contributed by atoms with E-state index in [4.69, 9.17) is 9.47 Å². The van der Waals surface area contributed by atoms with E-state index >= 15 is 8.78 Å². The maximum absolute atomic E-state index is 15.1. The molecule has 3 unspecified atom stereocenters. The second kappa shape index (κ2) is 7.44. The molecule has 1 aliphatic heterocycles. The van der Waals surface area contributed by atoms with Gasteiger partial charge in [0.1, 0.15) is 0 Å². The molecule has 1 heterocycles. The first-order valence-electron chi connectivity index (χ1n) is 8.54. The summed E-state index contributed by atoms with van der Waals surface area (Å²) in [5, 5.41) is 0. The molecule has 0 spiro atoms. The van der Waals surface area contributed by atoms with Crippen molar-refractivity contribution in [3.63, 3.8) is 0 Å². The van der Waals surface area contributed by atoms with E-state index in [1.807, 2.05) is 0 Å². The average molecular weight is 406 g/mol. The summed E-state index contributed by atoms with van der Waals surface area (Å²) in [6.07, 6.45) is -7.00. The fourth-order valence-electron chi connectivity index (χ4n) is 2.40. The van der Waals surface area contributed by atoms with Crippen molar-refractivity contribution >= 4 is 5.97 Å². The molecule has 0 radical (unpaired) electrons. The minimum absolute atomic E-state index is 0.244. The SMILES string of the molecule is CCC(C)(C)C(=O)OC1(C)COC(OC(OC)C(C)C)(C(F)(F)F)C1(F)F. The number of hydrogen-bond acceptors (Lipinski definition) is 5. The van der Waals surface area contributed by atoms with Gasteiger partial charge in [-0.25, -0.2) is 0 Å². The van der Waals surface area contributed by atoms with Crippen LogP contribution in [0, 0.1) is 11.3 Å². The first kappa shape index (κ1) is 24.0. The predicted octanol–water partition coefficient (Wildman–Crippen LogP) is 4.29. The smallest absolute Gasteiger partial charge is 0.450 e. The van der Waals surface area contributed by atoms with Crippen LogP contribution in [0.4, 0.5) is 22.0 Å². The van der Waals surface area contributed by atoms with Gasteiger partial charge < -0.3 is 18.9 Å². The van der Waals surface area contributed by atoms with Gasteiger partial charge in [-0.1, -0.05) is 20.8 Å². The molecule has 10 heteroatoms. The van der Waals surface area contributed by atoms with Crippen LogP contribution >= 0.6 is 0 Å². The molecule has 0 bridgehead atoms. The van der Waals surface area contributed by atoms with E-state index in [0.29, 0.717) is 6.92 Å². The summed E-state index contributed by atoms with van der Waals surface area (Å²) < 4.78 is 90.2. The van der Waals surface area contributed by atoms with Crippen molar-refractivity contribution in [2.24, 2.45) is 11.3 Å². The molecule has 0 aromatic heterocycles. The third kappa shape index (κ3) is 3.93. The molecule has 5 nitrogen and oxygen atoms in total. The van der Waals surface area contributed by atoms with Crippen molar-refractivity contribution in [1.82, 2.24) is 0 Å². The van der Waals surface area contributed by atoms with E-state index in [-0.39, 0.29) is 6.42 Å². The monoisotopic (exact) mass is 406 g/mol. The Labute approximate surface area is 155 Å². The Kier molecular flexibility index (Phi) is 6.62. The summed E-state index contributed by atoms with van der Waals surface area (Å²) >= 11 is 0. The fourth-order valence-corrected chi connectivity index (χ4v) is 2.40. The zero-order chi connectivity index (χ0) is 21.5. The molecule has 0 aromatic rings. The molecule has 0 aliphatic carbocycles. The number of hydrogen-bond donors (Lipinski definition) is 0. The lowest BCUT2D eigenvalue weighted by Gasteiger charge is -2.41. The molecule has 1 rings (SSSR count). The average Bonchev–Trinajstić information content (AvgIpc) is 2.72. The highest BCUT2D eigenvalue weighted by Gasteiger charge is 2.84. The Balaban J connectivity index is 3.36. The van der Waals surface area contributed by atoms with E-state index < -0.39 is 53.7 Å². The van der Waals surface area contributed by atoms with Gasteiger partial charge in [0.2, 0.25) is 5.60 Å². The maximum atomic E-state index is 15.1. The fraction of sp³-hybridized carbons (Fsp3) is 0.941. The minimum atomic E-state index is -5.62. The summed E-state index contributed by atoms with van der Waals surface area (Å²) in [5.41, 5.74) is -4.03. The van der Waals surface area contributed by atoms with Gasteiger partial charge in [0.15, 0.2) is 6.29 Å². The molecule has 27 heavy (non-hydrogen) atoms. The normalized spacial score (nSPS) is 29.8. The molecule has 1 saturated heterocycles. The Bertz CT molecular complexity index is 548. The Morgan fingerprint density at radius 1 is 1.22 bits per heavy atom. The second-order valence-corrected chi connectivity index (χ2v) is 7.80. The molecular formula is C17H27F5O5. The summed E-state index contributed by atoms with van der Waals surface area (Å²) in [6, 6.07) is 0. The van der Waals surface area contributed by atoms with Crippen LogP contribution in [0.25, 0.3) is 0 Å². The lowest BCUT2D eigenvalue weighted by Crippen LogP contribution is -2.66. The Hall–Kier alpha value is -1.00. The highest BCUT2D eigenvalue weighted by molar-refractivity contribution is 5.76. The van der Waals surface area contributed by atoms with E-state index in [1.165, 1.54) is 27.7 Å². The molecule has 0 N–H and O–H groups in total. The van der Waals surface area contributed by atoms with Crippen LogP contribution in [0.3, 0.4) is 0 Å². The van der Waals surface area contributed by atoms with E-state index in [0.717, 1.165) is 7.11 Å². The number of rotatable bonds is 7. The standard InChI is InChI=1S/C17H27F5O5/c1-8-13(4,5)12(23)27-14(6)9-25-16(15(14,18)19,17(20,21)22)26-11(24-7)10(2)3/h10-11H,8-9H2,1-7H3. The third-order valence-electron chi connectivity index (χ3n) is 4.81. The topological polar surface area (TPSA) is 54.0 Å². The number of carbonyl (C=O) groups is 1. The molecule has 0 saturated carbocycles. The second-order valence-electron chi connectivity index (χ2n) is 7.80. The minimum Gasteiger partial charge on any atom is -0.450 e. The van der Waals surface area contributed by atoms with Gasteiger partial charge in [-0.3, -0.25) is 4.79 Å². The van der Waals surface area contributed by atoms with Crippen LogP contribution in [-0.2, 0) is 23.7 Å². The van der Waals surface area contributed by atoms with E-state index in [9.17, 15) is 18.0 Å². The number of ether oxygens (including phenoxy) is 4. The van der Waals surface area contributed by atoms with Gasteiger partial charge in [0, 0.05) is 13.0 Å². The summed E-state index contributed by atoms with van der Waals surface area (Å²) in [7, 11) is 1.03. The van der Waals surface area contributed by atoms with Crippen molar-refractivity contribution in [2.75, 3.05) is 13.7 Å². The lowest BCUT2D eigenvalue weighted by molar-refractivity contribution is -0.451. The van der Waals surface area contributed by atoms with Gasteiger partial charge in [-0.15, -0.1) is 0 Å². The summed E-state index contributed by atoms with van der Waals surface area (Å²) in [6.45, 7) is 6.90. The zero-order valence-corrected chi connectivity index (χ0v) is 16.5. The molecule has 1 aliphatic rings. The van der Waals surface area contributed by atoms with Gasteiger partial charge in [-0.2, -0.15) is 22.0 Å². The van der Waals surface area contributed by atoms with Gasteiger partial charge >= 0.3 is 23.9 Å². The van der Waals surface area contributed by atoms with Crippen molar-refractivity contribution < 1.29 is 45.7 Å². The molecule has 0 amide bonds. The van der Waals surface area contributed by atoms with Crippen molar-refractivity contribution in [1.29, 1.82) is 0 Å². The van der Waals surface area contributed by atoms with Crippen molar-refractivity contribution in [3.05, 3.63) is 0 Å². The maximum Gasteiger partial charge on any atom is 0.450 e. The molecule has 3 atom stereocenters. The number of methoxy groups -OCH3 is 1. The Morgan fingerprint density at radius 2 is 1.74 bits per heavy atom. The molecule has 0 aromatic carbocycles. The van der Waals surface area contributed by atoms with Gasteiger partial charge in [0.25, 0.3) is 0 Å². The zero-order valence-electron chi connectivity index (χ0n) is 16.5. The van der Waals surface area contributed by atoms with Gasteiger partial charge in [-0.05, 0) is 27.2 Å². The Morgan fingerprint density at radius 3 is 2.11 bits per heavy atom. The van der Waals surface area contributed by atoms with Crippen LogP contribution in [-0.4, -0.2) is 49.5 Å². The third-order valence-corrected chi connectivity index (χ3v) is 4.81. The van der Waals surface area contributed by atoms with Crippen molar-refractivity contribution in [3.8, 4) is 0 Å². The lowest BCUT2D eigenvalue weighted by atomic mass is 9.89. The summed E-state index contributed by atoms with van der Waals surface area (Å²) in [4.78, 5) is 12.2. The summed E-state index contributed by atoms with van der Waals surface area (Å²) in [5.74, 6) is -10.8. The van der Waals surface area contributed by atoms with Gasteiger partial charge in [0.05, 0.1) is 12.0 Å². The van der Waals surface area contributed by atoms with Crippen LogP contribution in [0.15, 0.2) is 0 Å². The molecule has 160 valence electrons. The van der Waals surface area contributed by atoms with E-state index in [1.54, 1.807) is 6.92 Å². The quantitative estimate of drug-likeness (QED) is 0.359. The van der Waals surface area contributed by atoms with E-state index in [2.05, 4.69) is 9.47 Å². The van der Waals surface area contributed by atoms with Crippen LogP contribution < -0.4 is 0 Å².